The van der Waals surface area contributed by atoms with Crippen LogP contribution in [0.25, 0.3) is 0 Å². The van der Waals surface area contributed by atoms with E-state index in [0.717, 1.165) is 5.56 Å². The van der Waals surface area contributed by atoms with Crippen LogP contribution in [0.15, 0.2) is 58.6 Å². The lowest BCUT2D eigenvalue weighted by Gasteiger charge is -2.03. The van der Waals surface area contributed by atoms with Gasteiger partial charge in [-0.3, -0.25) is 4.28 Å². The van der Waals surface area contributed by atoms with E-state index in [0.29, 0.717) is 11.3 Å². The van der Waals surface area contributed by atoms with Gasteiger partial charge in [0.25, 0.3) is 0 Å². The number of aryl methyl sites for hydroxylation is 1. The molecular weight excluding hydrogens is 316 g/mol. The Morgan fingerprint density at radius 2 is 1.70 bits per heavy atom. The van der Waals surface area contributed by atoms with Gasteiger partial charge in [-0.1, -0.05) is 22.9 Å². The van der Waals surface area contributed by atoms with Crippen molar-refractivity contribution in [1.82, 2.24) is 0 Å². The summed E-state index contributed by atoms with van der Waals surface area (Å²) < 4.78 is 33.7. The van der Waals surface area contributed by atoms with Gasteiger partial charge in [-0.05, 0) is 43.3 Å². The standard InChI is InChI=1S/C16H14N2O4S/c1-12-3-9-15(10-4-12)23(19,20)22-18-16(11-17)13-5-7-14(21-2)8-6-13/h3-10H,1-2H3. The highest BCUT2D eigenvalue weighted by molar-refractivity contribution is 7.86. The summed E-state index contributed by atoms with van der Waals surface area (Å²) in [5.41, 5.74) is 1.19. The van der Waals surface area contributed by atoms with E-state index in [1.54, 1.807) is 36.4 Å². The molecule has 0 saturated heterocycles. The van der Waals surface area contributed by atoms with Gasteiger partial charge in [-0.2, -0.15) is 13.7 Å². The summed E-state index contributed by atoms with van der Waals surface area (Å²) >= 11 is 0. The number of hydrogen-bond acceptors (Lipinski definition) is 6. The highest BCUT2D eigenvalue weighted by atomic mass is 32.2. The fourth-order valence-electron chi connectivity index (χ4n) is 1.72. The van der Waals surface area contributed by atoms with Gasteiger partial charge in [-0.15, -0.1) is 0 Å². The maximum atomic E-state index is 12.0. The molecule has 0 saturated carbocycles. The molecule has 0 aliphatic carbocycles. The maximum Gasteiger partial charge on any atom is 0.358 e. The van der Waals surface area contributed by atoms with Crippen LogP contribution in [0, 0.1) is 18.3 Å². The third kappa shape index (κ3) is 4.08. The van der Waals surface area contributed by atoms with E-state index in [4.69, 9.17) is 10.00 Å². The van der Waals surface area contributed by atoms with Crippen molar-refractivity contribution in [3.8, 4) is 11.8 Å². The number of hydrogen-bond donors (Lipinski definition) is 0. The third-order valence-corrected chi connectivity index (χ3v) is 4.13. The van der Waals surface area contributed by atoms with Gasteiger partial charge in [0.1, 0.15) is 16.7 Å². The van der Waals surface area contributed by atoms with Gasteiger partial charge >= 0.3 is 10.1 Å². The molecule has 0 radical (unpaired) electrons. The quantitative estimate of drug-likeness (QED) is 0.621. The van der Waals surface area contributed by atoms with Gasteiger partial charge < -0.3 is 4.74 Å². The van der Waals surface area contributed by atoms with Crippen LogP contribution in [0.1, 0.15) is 11.1 Å². The predicted octanol–water partition coefficient (Wildman–Crippen LogP) is 2.64. The van der Waals surface area contributed by atoms with Crippen LogP contribution in [0.2, 0.25) is 0 Å². The van der Waals surface area contributed by atoms with Crippen LogP contribution >= 0.6 is 0 Å². The fourth-order valence-corrected chi connectivity index (χ4v) is 2.45. The van der Waals surface area contributed by atoms with E-state index < -0.39 is 10.1 Å². The molecule has 23 heavy (non-hydrogen) atoms. The Kier molecular flexibility index (Phi) is 4.98. The first-order valence-corrected chi connectivity index (χ1v) is 8.00. The normalized spacial score (nSPS) is 11.6. The Balaban J connectivity index is 2.24. The molecule has 0 heterocycles. The number of rotatable bonds is 5. The van der Waals surface area contributed by atoms with Crippen molar-refractivity contribution < 1.29 is 17.4 Å². The lowest BCUT2D eigenvalue weighted by Crippen LogP contribution is -2.06. The second-order valence-electron chi connectivity index (χ2n) is 4.62. The van der Waals surface area contributed by atoms with Gasteiger partial charge in [0.05, 0.1) is 7.11 Å². The Hall–Kier alpha value is -2.85. The number of benzene rings is 2. The number of nitriles is 1. The molecule has 0 fully saturated rings. The molecule has 6 nitrogen and oxygen atoms in total. The van der Waals surface area contributed by atoms with Crippen LogP contribution in [-0.4, -0.2) is 21.2 Å². The van der Waals surface area contributed by atoms with Crippen molar-refractivity contribution in [1.29, 1.82) is 5.26 Å². The van der Waals surface area contributed by atoms with Crippen LogP contribution in [0.4, 0.5) is 0 Å². The lowest BCUT2D eigenvalue weighted by atomic mass is 10.1. The van der Waals surface area contributed by atoms with Crippen LogP contribution in [0.3, 0.4) is 0 Å². The maximum absolute atomic E-state index is 12.0. The van der Waals surface area contributed by atoms with Crippen molar-refractivity contribution in [2.75, 3.05) is 7.11 Å². The minimum absolute atomic E-state index is 0.0288. The molecule has 0 bridgehead atoms. The Bertz CT molecular complexity index is 848. The minimum Gasteiger partial charge on any atom is -0.497 e. The Labute approximate surface area is 134 Å². The molecule has 2 rings (SSSR count). The molecule has 0 aliphatic heterocycles. The molecule has 0 aromatic heterocycles. The first kappa shape index (κ1) is 16.5. The van der Waals surface area contributed by atoms with E-state index in [1.807, 2.05) is 13.0 Å². The van der Waals surface area contributed by atoms with Crippen molar-refractivity contribution >= 4 is 15.8 Å². The van der Waals surface area contributed by atoms with Gasteiger partial charge in [-0.25, -0.2) is 0 Å². The molecule has 118 valence electrons. The third-order valence-electron chi connectivity index (χ3n) is 3.01. The summed E-state index contributed by atoms with van der Waals surface area (Å²) in [7, 11) is -2.55. The van der Waals surface area contributed by atoms with E-state index >= 15 is 0 Å². The molecule has 2 aromatic carbocycles. The Morgan fingerprint density at radius 1 is 1.09 bits per heavy atom. The summed E-state index contributed by atoms with van der Waals surface area (Å²) in [5.74, 6) is 0.610. The average Bonchev–Trinajstić information content (AvgIpc) is 2.56. The molecule has 0 atom stereocenters. The average molecular weight is 330 g/mol. The molecule has 0 amide bonds. The minimum atomic E-state index is -4.07. The van der Waals surface area contributed by atoms with Crippen LogP contribution in [-0.2, 0) is 14.4 Å². The highest BCUT2D eigenvalue weighted by Crippen LogP contribution is 2.15. The fraction of sp³-hybridized carbons (Fsp3) is 0.125. The molecule has 0 N–H and O–H groups in total. The molecule has 7 heteroatoms. The molecule has 2 aromatic rings. The summed E-state index contributed by atoms with van der Waals surface area (Å²) in [6.45, 7) is 1.84. The number of nitrogens with zero attached hydrogens (tertiary/aromatic N) is 2. The molecule has 0 spiro atoms. The smallest absolute Gasteiger partial charge is 0.358 e. The highest BCUT2D eigenvalue weighted by Gasteiger charge is 2.16. The molecule has 0 unspecified atom stereocenters. The zero-order valence-electron chi connectivity index (χ0n) is 12.6. The van der Waals surface area contributed by atoms with Crippen LogP contribution in [0.5, 0.6) is 5.75 Å². The van der Waals surface area contributed by atoms with Gasteiger partial charge in [0.2, 0.25) is 0 Å². The second-order valence-corrected chi connectivity index (χ2v) is 6.15. The molecule has 0 aliphatic rings. The van der Waals surface area contributed by atoms with Crippen molar-refractivity contribution in [3.05, 3.63) is 59.7 Å². The number of ether oxygens (including phenoxy) is 1. The van der Waals surface area contributed by atoms with Crippen LogP contribution < -0.4 is 4.74 Å². The van der Waals surface area contributed by atoms with E-state index in [1.165, 1.54) is 19.2 Å². The van der Waals surface area contributed by atoms with Crippen molar-refractivity contribution in [2.45, 2.75) is 11.8 Å². The van der Waals surface area contributed by atoms with E-state index in [2.05, 4.69) is 9.44 Å². The topological polar surface area (TPSA) is 88.8 Å². The van der Waals surface area contributed by atoms with Crippen molar-refractivity contribution in [3.63, 3.8) is 0 Å². The largest absolute Gasteiger partial charge is 0.497 e. The zero-order valence-corrected chi connectivity index (χ0v) is 13.4. The van der Waals surface area contributed by atoms with E-state index in [-0.39, 0.29) is 10.6 Å². The SMILES string of the molecule is COc1ccc(C(C#N)=NOS(=O)(=O)c2ccc(C)cc2)cc1. The second kappa shape index (κ2) is 6.94. The zero-order chi connectivity index (χ0) is 16.9. The van der Waals surface area contributed by atoms with Gasteiger partial charge in [0.15, 0.2) is 5.71 Å². The summed E-state index contributed by atoms with van der Waals surface area (Å²) in [6.07, 6.45) is 0. The first-order chi connectivity index (χ1) is 11.0. The lowest BCUT2D eigenvalue weighted by molar-refractivity contribution is 0.339. The van der Waals surface area contributed by atoms with E-state index in [9.17, 15) is 8.42 Å². The summed E-state index contributed by atoms with van der Waals surface area (Å²) in [4.78, 5) is -0.0288. The predicted molar refractivity (Wildman–Crippen MR) is 84.6 cm³/mol. The number of methoxy groups -OCH3 is 1. The monoisotopic (exact) mass is 330 g/mol. The Morgan fingerprint density at radius 3 is 2.22 bits per heavy atom. The number of oxime groups is 1. The van der Waals surface area contributed by atoms with Crippen molar-refractivity contribution in [2.24, 2.45) is 5.16 Å². The molecular formula is C16H14N2O4S. The van der Waals surface area contributed by atoms with Gasteiger partial charge in [0, 0.05) is 5.56 Å². The summed E-state index contributed by atoms with van der Waals surface area (Å²) in [6, 6.07) is 14.4. The first-order valence-electron chi connectivity index (χ1n) is 6.59. The summed E-state index contributed by atoms with van der Waals surface area (Å²) in [5, 5.41) is 12.6.